The predicted molar refractivity (Wildman–Crippen MR) is 118 cm³/mol. The average Bonchev–Trinajstić information content (AvgIpc) is 3.14. The molecule has 5 nitrogen and oxygen atoms in total. The Balaban J connectivity index is 1.79. The largest absolute Gasteiger partial charge is 0.497 e. The summed E-state index contributed by atoms with van der Waals surface area (Å²) in [5.41, 5.74) is 0.266. The molecular formula is C21H15ClF2N2O3S2. The van der Waals surface area contributed by atoms with Gasteiger partial charge in [-0.25, -0.2) is 21.2 Å². The second-order valence-corrected chi connectivity index (χ2v) is 9.51. The van der Waals surface area contributed by atoms with Crippen molar-refractivity contribution in [3.8, 4) is 5.75 Å². The molecule has 0 aliphatic rings. The summed E-state index contributed by atoms with van der Waals surface area (Å²) in [5, 5.41) is 0.262. The van der Waals surface area contributed by atoms with Crippen molar-refractivity contribution in [2.45, 2.75) is 9.79 Å². The maximum absolute atomic E-state index is 14.1. The highest BCUT2D eigenvalue weighted by Gasteiger charge is 2.22. The third kappa shape index (κ3) is 4.08. The van der Waals surface area contributed by atoms with Crippen molar-refractivity contribution in [3.63, 3.8) is 0 Å². The Labute approximate surface area is 186 Å². The number of ether oxygens (including phenoxy) is 1. The van der Waals surface area contributed by atoms with Gasteiger partial charge in [-0.15, -0.1) is 0 Å². The first kappa shape index (κ1) is 21.5. The molecule has 0 saturated carbocycles. The number of methoxy groups -OCH3 is 1. The number of nitrogens with one attached hydrogen (secondary N) is 1. The van der Waals surface area contributed by atoms with Gasteiger partial charge in [0.05, 0.1) is 33.1 Å². The molecule has 3 aromatic carbocycles. The number of anilines is 1. The van der Waals surface area contributed by atoms with Crippen molar-refractivity contribution in [3.05, 3.63) is 83.5 Å². The SMILES string of the molecule is COc1ccc2c(SNc3cc(F)c(Cl)cc3F)cn(S(=O)(=O)c3ccccc3)c2c1. The van der Waals surface area contributed by atoms with Crippen molar-refractivity contribution >= 4 is 50.2 Å². The van der Waals surface area contributed by atoms with Crippen molar-refractivity contribution in [1.82, 2.24) is 3.97 Å². The Morgan fingerprint density at radius 2 is 1.77 bits per heavy atom. The highest BCUT2D eigenvalue weighted by Crippen LogP contribution is 2.36. The van der Waals surface area contributed by atoms with Crippen LogP contribution in [0.15, 0.2) is 76.7 Å². The van der Waals surface area contributed by atoms with E-state index in [0.717, 1.165) is 28.1 Å². The van der Waals surface area contributed by atoms with Gasteiger partial charge in [-0.05, 0) is 42.3 Å². The van der Waals surface area contributed by atoms with Gasteiger partial charge in [-0.2, -0.15) is 0 Å². The van der Waals surface area contributed by atoms with Gasteiger partial charge in [0, 0.05) is 23.7 Å². The monoisotopic (exact) mass is 480 g/mol. The summed E-state index contributed by atoms with van der Waals surface area (Å²) < 4.78 is 63.4. The first-order valence-electron chi connectivity index (χ1n) is 8.88. The van der Waals surface area contributed by atoms with Crippen molar-refractivity contribution in [2.75, 3.05) is 11.8 Å². The van der Waals surface area contributed by atoms with Gasteiger partial charge in [0.25, 0.3) is 10.0 Å². The Kier molecular flexibility index (Phi) is 5.83. The van der Waals surface area contributed by atoms with Crippen LogP contribution in [0.1, 0.15) is 0 Å². The van der Waals surface area contributed by atoms with E-state index in [9.17, 15) is 17.2 Å². The van der Waals surface area contributed by atoms with E-state index in [1.807, 2.05) is 0 Å². The molecule has 0 amide bonds. The zero-order valence-electron chi connectivity index (χ0n) is 16.0. The van der Waals surface area contributed by atoms with E-state index in [1.54, 1.807) is 36.4 Å². The highest BCUT2D eigenvalue weighted by molar-refractivity contribution is 8.00. The maximum atomic E-state index is 14.1. The fraction of sp³-hybridized carbons (Fsp3) is 0.0476. The Morgan fingerprint density at radius 3 is 2.48 bits per heavy atom. The number of nitrogens with zero attached hydrogens (tertiary/aromatic N) is 1. The molecule has 1 heterocycles. The molecule has 160 valence electrons. The van der Waals surface area contributed by atoms with Crippen LogP contribution in [0.5, 0.6) is 5.75 Å². The molecule has 0 bridgehead atoms. The maximum Gasteiger partial charge on any atom is 0.268 e. The smallest absolute Gasteiger partial charge is 0.268 e. The van der Waals surface area contributed by atoms with Crippen LogP contribution < -0.4 is 9.46 Å². The van der Waals surface area contributed by atoms with Gasteiger partial charge < -0.3 is 9.46 Å². The summed E-state index contributed by atoms with van der Waals surface area (Å²) in [6, 6.07) is 14.8. The number of hydrogen-bond acceptors (Lipinski definition) is 5. The average molecular weight is 481 g/mol. The lowest BCUT2D eigenvalue weighted by Crippen LogP contribution is -2.11. The van der Waals surface area contributed by atoms with Crippen LogP contribution >= 0.6 is 23.5 Å². The van der Waals surface area contributed by atoms with Gasteiger partial charge in [0.1, 0.15) is 17.4 Å². The minimum atomic E-state index is -3.90. The van der Waals surface area contributed by atoms with Gasteiger partial charge in [0.15, 0.2) is 0 Å². The first-order valence-corrected chi connectivity index (χ1v) is 11.5. The summed E-state index contributed by atoms with van der Waals surface area (Å²) >= 11 is 6.54. The summed E-state index contributed by atoms with van der Waals surface area (Å²) in [7, 11) is -2.42. The van der Waals surface area contributed by atoms with E-state index in [4.69, 9.17) is 16.3 Å². The molecule has 0 atom stereocenters. The fourth-order valence-electron chi connectivity index (χ4n) is 2.97. The number of hydrogen-bond donors (Lipinski definition) is 1. The third-order valence-corrected chi connectivity index (χ3v) is 7.37. The van der Waals surface area contributed by atoms with E-state index in [1.165, 1.54) is 25.4 Å². The fourth-order valence-corrected chi connectivity index (χ4v) is 5.39. The van der Waals surface area contributed by atoms with Crippen LogP contribution in [0.3, 0.4) is 0 Å². The van der Waals surface area contributed by atoms with E-state index in [2.05, 4.69) is 4.72 Å². The molecule has 0 aliphatic heterocycles. The van der Waals surface area contributed by atoms with Crippen LogP contribution in [0.25, 0.3) is 10.9 Å². The summed E-state index contributed by atoms with van der Waals surface area (Å²) in [5.74, 6) is -1.03. The van der Waals surface area contributed by atoms with Crippen LogP contribution in [0.2, 0.25) is 5.02 Å². The molecule has 0 unspecified atom stereocenters. The zero-order chi connectivity index (χ0) is 22.2. The molecule has 0 radical (unpaired) electrons. The highest BCUT2D eigenvalue weighted by atomic mass is 35.5. The standard InChI is InChI=1S/C21H15ClF2N2O3S2/c1-29-13-7-8-15-20(9-13)26(31(27,28)14-5-3-2-4-6-14)12-21(15)30-25-19-11-17(23)16(22)10-18(19)24/h2-12,25H,1H3. The normalized spacial score (nSPS) is 11.6. The summed E-state index contributed by atoms with van der Waals surface area (Å²) in [4.78, 5) is 0.608. The molecule has 10 heteroatoms. The second-order valence-electron chi connectivity index (χ2n) is 6.44. The number of rotatable bonds is 6. The molecule has 4 aromatic rings. The lowest BCUT2D eigenvalue weighted by Gasteiger charge is -2.08. The predicted octanol–water partition coefficient (Wildman–Crippen LogP) is 5.94. The minimum absolute atomic E-state index is 0.116. The topological polar surface area (TPSA) is 60.3 Å². The van der Waals surface area contributed by atoms with Crippen LogP contribution in [0, 0.1) is 11.6 Å². The molecule has 1 N–H and O–H groups in total. The zero-order valence-corrected chi connectivity index (χ0v) is 18.4. The number of halogens is 3. The van der Waals surface area contributed by atoms with Crippen molar-refractivity contribution in [2.24, 2.45) is 0 Å². The second kappa shape index (κ2) is 8.41. The van der Waals surface area contributed by atoms with Gasteiger partial charge in [-0.1, -0.05) is 29.8 Å². The Morgan fingerprint density at radius 1 is 1.03 bits per heavy atom. The summed E-state index contributed by atoms with van der Waals surface area (Å²) in [6.07, 6.45) is 1.42. The Hall–Kier alpha value is -2.75. The lowest BCUT2D eigenvalue weighted by molar-refractivity contribution is 0.415. The molecule has 0 spiro atoms. The van der Waals surface area contributed by atoms with E-state index in [-0.39, 0.29) is 15.6 Å². The number of benzene rings is 3. The third-order valence-electron chi connectivity index (χ3n) is 4.52. The molecule has 0 aliphatic carbocycles. The van der Waals surface area contributed by atoms with Crippen molar-refractivity contribution < 1.29 is 21.9 Å². The summed E-state index contributed by atoms with van der Waals surface area (Å²) in [6.45, 7) is 0. The molecule has 0 saturated heterocycles. The molecule has 0 fully saturated rings. The van der Waals surface area contributed by atoms with E-state index in [0.29, 0.717) is 21.5 Å². The van der Waals surface area contributed by atoms with Crippen LogP contribution in [-0.2, 0) is 10.0 Å². The molecule has 31 heavy (non-hydrogen) atoms. The van der Waals surface area contributed by atoms with Gasteiger partial charge >= 0.3 is 0 Å². The van der Waals surface area contributed by atoms with Crippen LogP contribution in [-0.4, -0.2) is 19.5 Å². The van der Waals surface area contributed by atoms with E-state index >= 15 is 0 Å². The number of aromatic nitrogens is 1. The first-order chi connectivity index (χ1) is 14.8. The van der Waals surface area contributed by atoms with Gasteiger partial charge in [-0.3, -0.25) is 0 Å². The molecule has 1 aromatic heterocycles. The van der Waals surface area contributed by atoms with Crippen molar-refractivity contribution in [1.29, 1.82) is 0 Å². The quantitative estimate of drug-likeness (QED) is 0.273. The van der Waals surface area contributed by atoms with E-state index < -0.39 is 21.7 Å². The van der Waals surface area contributed by atoms with Crippen LogP contribution in [0.4, 0.5) is 14.5 Å². The molecule has 4 rings (SSSR count). The minimum Gasteiger partial charge on any atom is -0.497 e. The Bertz CT molecular complexity index is 1380. The lowest BCUT2D eigenvalue weighted by atomic mass is 10.2. The molecular weight excluding hydrogens is 466 g/mol. The van der Waals surface area contributed by atoms with Gasteiger partial charge in [0.2, 0.25) is 0 Å². The number of fused-ring (bicyclic) bond motifs is 1.